The largest absolute Gasteiger partial charge is 0.348 e. The average molecular weight is 351 g/mol. The van der Waals surface area contributed by atoms with Gasteiger partial charge in [-0.1, -0.05) is 0 Å². The van der Waals surface area contributed by atoms with Crippen molar-refractivity contribution in [2.45, 2.75) is 42.6 Å². The second kappa shape index (κ2) is 6.66. The molecular weight excluding hydrogens is 330 g/mol. The minimum atomic E-state index is -1.57. The van der Waals surface area contributed by atoms with Gasteiger partial charge < -0.3 is 21.4 Å². The van der Waals surface area contributed by atoms with Crippen LogP contribution >= 0.6 is 11.8 Å². The highest BCUT2D eigenvalue weighted by Crippen LogP contribution is 2.41. The van der Waals surface area contributed by atoms with Crippen molar-refractivity contribution in [2.75, 3.05) is 12.3 Å². The topological polar surface area (TPSA) is 135 Å². The molecule has 1 aromatic rings. The number of fused-ring (bicyclic) bond motifs is 1. The van der Waals surface area contributed by atoms with Crippen LogP contribution in [-0.4, -0.2) is 61.6 Å². The fraction of sp³-hybridized carbons (Fsp3) is 0.600. The number of nitrogens with two attached hydrogens (primary N) is 2. The van der Waals surface area contributed by atoms with E-state index in [0.29, 0.717) is 37.3 Å². The van der Waals surface area contributed by atoms with Crippen LogP contribution in [0.5, 0.6) is 0 Å². The first-order valence-electron chi connectivity index (χ1n) is 7.98. The Bertz CT molecular complexity index is 650. The van der Waals surface area contributed by atoms with Gasteiger partial charge in [0, 0.05) is 37.0 Å². The Kier molecular flexibility index (Phi) is 4.75. The van der Waals surface area contributed by atoms with Gasteiger partial charge in [-0.2, -0.15) is 0 Å². The number of H-pyrrole nitrogens is 1. The number of nitrogens with zero attached hydrogens (tertiary/aromatic N) is 2. The summed E-state index contributed by atoms with van der Waals surface area (Å²) in [5.74, 6) is -0.507. The summed E-state index contributed by atoms with van der Waals surface area (Å²) in [6, 6.07) is -1.67. The molecule has 0 aliphatic carbocycles. The molecular formula is C15H21N5O3S. The molecule has 24 heavy (non-hydrogen) atoms. The molecule has 0 bridgehead atoms. The second-order valence-corrected chi connectivity index (χ2v) is 7.44. The number of carbonyl (C=O) groups is 3. The van der Waals surface area contributed by atoms with E-state index in [0.717, 1.165) is 0 Å². The molecule has 3 atom stereocenters. The molecule has 0 saturated carbocycles. The molecule has 0 aromatic carbocycles. The molecule has 0 spiro atoms. The number of thioether (sulfide) groups is 1. The van der Waals surface area contributed by atoms with E-state index in [1.54, 1.807) is 6.20 Å². The number of hydrogen-bond donors (Lipinski definition) is 3. The summed E-state index contributed by atoms with van der Waals surface area (Å²) >= 11 is 1.18. The van der Waals surface area contributed by atoms with Crippen LogP contribution in [-0.2, 0) is 20.8 Å². The Morgan fingerprint density at radius 1 is 1.54 bits per heavy atom. The van der Waals surface area contributed by atoms with E-state index in [-0.39, 0.29) is 12.3 Å². The number of imidazole rings is 1. The van der Waals surface area contributed by atoms with E-state index in [1.807, 2.05) is 0 Å². The van der Waals surface area contributed by atoms with Gasteiger partial charge in [0.15, 0.2) is 11.6 Å². The monoisotopic (exact) mass is 351 g/mol. The first-order valence-corrected chi connectivity index (χ1v) is 8.97. The van der Waals surface area contributed by atoms with E-state index >= 15 is 0 Å². The molecule has 3 rings (SSSR count). The molecule has 9 heteroatoms. The van der Waals surface area contributed by atoms with E-state index in [2.05, 4.69) is 9.97 Å². The number of rotatable bonds is 4. The molecule has 2 aliphatic rings. The number of carbonyl (C=O) groups excluding carboxylic acids is 3. The highest BCUT2D eigenvalue weighted by atomic mass is 32.2. The predicted molar refractivity (Wildman–Crippen MR) is 89.0 cm³/mol. The van der Waals surface area contributed by atoms with Crippen molar-refractivity contribution in [3.05, 3.63) is 18.2 Å². The smallest absolute Gasteiger partial charge is 0.224 e. The van der Waals surface area contributed by atoms with Gasteiger partial charge in [0.1, 0.15) is 0 Å². The lowest BCUT2D eigenvalue weighted by atomic mass is 9.89. The summed E-state index contributed by atoms with van der Waals surface area (Å²) in [4.78, 5) is 45.2. The zero-order valence-electron chi connectivity index (χ0n) is 13.2. The Morgan fingerprint density at radius 3 is 3.04 bits per heavy atom. The summed E-state index contributed by atoms with van der Waals surface area (Å²) in [6.45, 7) is 0.366. The number of amides is 1. The van der Waals surface area contributed by atoms with Gasteiger partial charge in [-0.3, -0.25) is 14.4 Å². The number of hydrogen-bond acceptors (Lipinski definition) is 7. The summed E-state index contributed by atoms with van der Waals surface area (Å²) in [6.07, 6.45) is 4.57. The van der Waals surface area contributed by atoms with Crippen LogP contribution in [0.15, 0.2) is 12.5 Å². The van der Waals surface area contributed by atoms with Crippen molar-refractivity contribution in [3.63, 3.8) is 0 Å². The van der Waals surface area contributed by atoms with Gasteiger partial charge in [0.05, 0.1) is 18.4 Å². The summed E-state index contributed by atoms with van der Waals surface area (Å²) < 4.78 is 0. The number of Topliss-reactive ketones (excluding diaryl/α,β-unsaturated/α-hetero) is 2. The Labute approximate surface area is 143 Å². The molecule has 3 heterocycles. The standard InChI is InChI=1S/C15H21N5O3S/c16-10-2-1-3-12(21)20-4-5-24-15(20,13(10)22)14(23)11(17)6-9-7-18-8-19-9/h7-8,10-11H,1-6,16-17H2,(H,18,19)/t10?,11-,15?/m0/s1. The third-order valence-electron chi connectivity index (χ3n) is 4.55. The molecule has 1 amide bonds. The van der Waals surface area contributed by atoms with E-state index in [4.69, 9.17) is 11.5 Å². The lowest BCUT2D eigenvalue weighted by Crippen LogP contribution is -2.65. The molecule has 2 saturated heterocycles. The molecule has 5 N–H and O–H groups in total. The highest BCUT2D eigenvalue weighted by molar-refractivity contribution is 8.02. The maximum absolute atomic E-state index is 13.1. The zero-order chi connectivity index (χ0) is 17.3. The quantitative estimate of drug-likeness (QED) is 0.604. The van der Waals surface area contributed by atoms with Crippen molar-refractivity contribution < 1.29 is 14.4 Å². The van der Waals surface area contributed by atoms with Gasteiger partial charge in [0.25, 0.3) is 0 Å². The third kappa shape index (κ3) is 2.76. The summed E-state index contributed by atoms with van der Waals surface area (Å²) in [5, 5.41) is 0. The Morgan fingerprint density at radius 2 is 2.33 bits per heavy atom. The number of aromatic amines is 1. The fourth-order valence-electron chi connectivity index (χ4n) is 3.32. The third-order valence-corrected chi connectivity index (χ3v) is 5.98. The fourth-order valence-corrected chi connectivity index (χ4v) is 4.82. The molecule has 2 unspecified atom stereocenters. The zero-order valence-corrected chi connectivity index (χ0v) is 14.1. The van der Waals surface area contributed by atoms with E-state index in [1.165, 1.54) is 23.0 Å². The Hall–Kier alpha value is -1.71. The van der Waals surface area contributed by atoms with Crippen molar-refractivity contribution in [1.29, 1.82) is 0 Å². The van der Waals surface area contributed by atoms with Crippen molar-refractivity contribution in [1.82, 2.24) is 14.9 Å². The van der Waals surface area contributed by atoms with Crippen molar-refractivity contribution in [2.24, 2.45) is 11.5 Å². The van der Waals surface area contributed by atoms with Crippen LogP contribution in [0, 0.1) is 0 Å². The van der Waals surface area contributed by atoms with E-state index in [9.17, 15) is 14.4 Å². The molecule has 8 nitrogen and oxygen atoms in total. The number of aromatic nitrogens is 2. The van der Waals surface area contributed by atoms with E-state index < -0.39 is 28.5 Å². The van der Waals surface area contributed by atoms with Gasteiger partial charge >= 0.3 is 0 Å². The van der Waals surface area contributed by atoms with Crippen LogP contribution < -0.4 is 11.5 Å². The highest BCUT2D eigenvalue weighted by Gasteiger charge is 2.58. The van der Waals surface area contributed by atoms with Crippen LogP contribution in [0.3, 0.4) is 0 Å². The summed E-state index contributed by atoms with van der Waals surface area (Å²) in [5.41, 5.74) is 12.8. The number of nitrogens with one attached hydrogen (secondary N) is 1. The maximum Gasteiger partial charge on any atom is 0.224 e. The van der Waals surface area contributed by atoms with Gasteiger partial charge in [-0.05, 0) is 12.8 Å². The van der Waals surface area contributed by atoms with Gasteiger partial charge in [-0.25, -0.2) is 4.98 Å². The van der Waals surface area contributed by atoms with Gasteiger partial charge in [0.2, 0.25) is 10.8 Å². The van der Waals surface area contributed by atoms with Crippen LogP contribution in [0.2, 0.25) is 0 Å². The Balaban J connectivity index is 1.93. The van der Waals surface area contributed by atoms with Crippen LogP contribution in [0.1, 0.15) is 25.0 Å². The van der Waals surface area contributed by atoms with Crippen LogP contribution in [0.4, 0.5) is 0 Å². The predicted octanol–water partition coefficient (Wildman–Crippen LogP) is -0.799. The van der Waals surface area contributed by atoms with Crippen molar-refractivity contribution in [3.8, 4) is 0 Å². The van der Waals surface area contributed by atoms with Crippen LogP contribution in [0.25, 0.3) is 0 Å². The lowest BCUT2D eigenvalue weighted by molar-refractivity contribution is -0.149. The normalized spacial score (nSPS) is 29.1. The number of ketones is 2. The molecule has 0 radical (unpaired) electrons. The van der Waals surface area contributed by atoms with Gasteiger partial charge in [-0.15, -0.1) is 11.8 Å². The maximum atomic E-state index is 13.1. The molecule has 1 aromatic heterocycles. The molecule has 130 valence electrons. The first kappa shape index (κ1) is 17.1. The average Bonchev–Trinajstić information content (AvgIpc) is 3.22. The molecule has 2 fully saturated rings. The van der Waals surface area contributed by atoms with Crippen molar-refractivity contribution >= 4 is 29.2 Å². The summed E-state index contributed by atoms with van der Waals surface area (Å²) in [7, 11) is 0. The molecule has 2 aliphatic heterocycles. The SMILES string of the molecule is NC1CCCC(=O)N2CCSC2(C(=O)[C@@H](N)Cc2cnc[nH]2)C1=O. The first-order chi connectivity index (χ1) is 11.5. The minimum absolute atomic E-state index is 0.178. The minimum Gasteiger partial charge on any atom is -0.348 e. The lowest BCUT2D eigenvalue weighted by Gasteiger charge is -2.39. The second-order valence-electron chi connectivity index (χ2n) is 6.15.